The predicted molar refractivity (Wildman–Crippen MR) is 114 cm³/mol. The molecule has 2 aromatic rings. The Morgan fingerprint density at radius 2 is 2.07 bits per heavy atom. The number of nitrogens with one attached hydrogen (secondary N) is 1. The number of hydrogen-bond donors (Lipinski definition) is 1. The van der Waals surface area contributed by atoms with E-state index in [1.54, 1.807) is 15.9 Å². The number of aromatic nitrogens is 2. The summed E-state index contributed by atoms with van der Waals surface area (Å²) >= 11 is 2.91. The second-order valence-electron chi connectivity index (χ2n) is 7.64. The molecule has 2 aromatic heterocycles. The molecule has 1 amide bonds. The SMILES string of the molecule is CCn1c(SCC(=O)N[C@@H]2CCC[C@H](C)[C@@H]2C)nc2sc(C)c(C)c2c1=O. The monoisotopic (exact) mass is 407 g/mol. The summed E-state index contributed by atoms with van der Waals surface area (Å²) in [6.07, 6.45) is 3.47. The molecule has 0 radical (unpaired) electrons. The minimum atomic E-state index is 0.00184. The van der Waals surface area contributed by atoms with Gasteiger partial charge in [0.2, 0.25) is 5.91 Å². The molecular weight excluding hydrogens is 378 g/mol. The van der Waals surface area contributed by atoms with Crippen LogP contribution < -0.4 is 10.9 Å². The van der Waals surface area contributed by atoms with Gasteiger partial charge in [-0.1, -0.05) is 38.5 Å². The first-order chi connectivity index (χ1) is 12.8. The second-order valence-corrected chi connectivity index (χ2v) is 9.78. The van der Waals surface area contributed by atoms with E-state index in [1.165, 1.54) is 24.6 Å². The van der Waals surface area contributed by atoms with Crippen molar-refractivity contribution in [3.8, 4) is 0 Å². The normalized spacial score (nSPS) is 22.9. The lowest BCUT2D eigenvalue weighted by molar-refractivity contribution is -0.120. The maximum atomic E-state index is 12.9. The molecule has 3 rings (SSSR count). The number of thioether (sulfide) groups is 1. The minimum Gasteiger partial charge on any atom is -0.352 e. The number of fused-ring (bicyclic) bond motifs is 1. The third-order valence-electron chi connectivity index (χ3n) is 5.96. The molecule has 3 atom stereocenters. The topological polar surface area (TPSA) is 64.0 Å². The highest BCUT2D eigenvalue weighted by Gasteiger charge is 2.28. The van der Waals surface area contributed by atoms with Crippen LogP contribution in [0.15, 0.2) is 9.95 Å². The first-order valence-corrected chi connectivity index (χ1v) is 11.6. The Kier molecular flexibility index (Phi) is 6.31. The van der Waals surface area contributed by atoms with Gasteiger partial charge in [0, 0.05) is 17.5 Å². The maximum absolute atomic E-state index is 12.9. The second kappa shape index (κ2) is 8.35. The van der Waals surface area contributed by atoms with Crippen molar-refractivity contribution in [2.24, 2.45) is 11.8 Å². The number of nitrogens with zero attached hydrogens (tertiary/aromatic N) is 2. The average molecular weight is 408 g/mol. The first-order valence-electron chi connectivity index (χ1n) is 9.76. The molecule has 0 unspecified atom stereocenters. The van der Waals surface area contributed by atoms with E-state index >= 15 is 0 Å². The summed E-state index contributed by atoms with van der Waals surface area (Å²) in [6, 6.07) is 0.258. The standard InChI is InChI=1S/C20H29N3O2S2/c1-6-23-19(25)17-13(4)14(5)27-18(17)22-20(23)26-10-16(24)21-15-9-7-8-11(2)12(15)3/h11-12,15H,6-10H2,1-5H3,(H,21,24)/t11-,12-,15+/m0/s1. The molecule has 2 heterocycles. The Hall–Kier alpha value is -1.34. The molecule has 0 spiro atoms. The molecular formula is C20H29N3O2S2. The molecule has 0 aliphatic heterocycles. The summed E-state index contributed by atoms with van der Waals surface area (Å²) in [5.74, 6) is 1.48. The van der Waals surface area contributed by atoms with Gasteiger partial charge in [-0.3, -0.25) is 14.2 Å². The third-order valence-corrected chi connectivity index (χ3v) is 8.03. The lowest BCUT2D eigenvalue weighted by atomic mass is 9.78. The maximum Gasteiger partial charge on any atom is 0.263 e. The Labute approximate surface area is 169 Å². The number of aryl methyl sites for hydroxylation is 2. The summed E-state index contributed by atoms with van der Waals surface area (Å²) in [5.41, 5.74) is 1.02. The third kappa shape index (κ3) is 4.09. The Balaban J connectivity index is 1.74. The Morgan fingerprint density at radius 1 is 1.33 bits per heavy atom. The van der Waals surface area contributed by atoms with Gasteiger partial charge in [0.25, 0.3) is 5.56 Å². The molecule has 0 aromatic carbocycles. The molecule has 148 valence electrons. The van der Waals surface area contributed by atoms with E-state index < -0.39 is 0 Å². The van der Waals surface area contributed by atoms with Crippen molar-refractivity contribution in [1.82, 2.24) is 14.9 Å². The highest BCUT2D eigenvalue weighted by Crippen LogP contribution is 2.30. The van der Waals surface area contributed by atoms with Crippen LogP contribution in [-0.2, 0) is 11.3 Å². The van der Waals surface area contributed by atoms with Gasteiger partial charge in [0.1, 0.15) is 4.83 Å². The van der Waals surface area contributed by atoms with Crippen LogP contribution in [0.25, 0.3) is 10.2 Å². The lowest BCUT2D eigenvalue weighted by Crippen LogP contribution is -2.44. The number of carbonyl (C=O) groups excluding carboxylic acids is 1. The molecule has 1 fully saturated rings. The van der Waals surface area contributed by atoms with E-state index in [0.29, 0.717) is 29.3 Å². The fourth-order valence-corrected chi connectivity index (χ4v) is 5.81. The highest BCUT2D eigenvalue weighted by molar-refractivity contribution is 7.99. The molecule has 1 saturated carbocycles. The van der Waals surface area contributed by atoms with Crippen LogP contribution in [0.5, 0.6) is 0 Å². The van der Waals surface area contributed by atoms with Crippen molar-refractivity contribution < 1.29 is 4.79 Å². The first kappa shape index (κ1) is 20.4. The summed E-state index contributed by atoms with van der Waals surface area (Å²) in [7, 11) is 0. The number of hydrogen-bond acceptors (Lipinski definition) is 5. The smallest absolute Gasteiger partial charge is 0.263 e. The minimum absolute atomic E-state index is 0.00184. The Morgan fingerprint density at radius 3 is 2.78 bits per heavy atom. The zero-order chi connectivity index (χ0) is 19.7. The van der Waals surface area contributed by atoms with E-state index in [9.17, 15) is 9.59 Å². The molecule has 7 heteroatoms. The molecule has 0 bridgehead atoms. The van der Waals surface area contributed by atoms with Gasteiger partial charge in [-0.05, 0) is 44.6 Å². The summed E-state index contributed by atoms with van der Waals surface area (Å²) in [5, 5.41) is 4.56. The summed E-state index contributed by atoms with van der Waals surface area (Å²) in [4.78, 5) is 32.0. The van der Waals surface area contributed by atoms with Crippen LogP contribution >= 0.6 is 23.1 Å². The molecule has 1 aliphatic rings. The van der Waals surface area contributed by atoms with Crippen LogP contribution in [0.2, 0.25) is 0 Å². The van der Waals surface area contributed by atoms with E-state index in [-0.39, 0.29) is 17.5 Å². The van der Waals surface area contributed by atoms with E-state index in [0.717, 1.165) is 27.1 Å². The molecule has 1 aliphatic carbocycles. The van der Waals surface area contributed by atoms with Crippen molar-refractivity contribution in [1.29, 1.82) is 0 Å². The quantitative estimate of drug-likeness (QED) is 0.598. The summed E-state index contributed by atoms with van der Waals surface area (Å²) < 4.78 is 1.69. The van der Waals surface area contributed by atoms with Crippen LogP contribution in [0.3, 0.4) is 0 Å². The van der Waals surface area contributed by atoms with Gasteiger partial charge in [-0.15, -0.1) is 11.3 Å². The van der Waals surface area contributed by atoms with Gasteiger partial charge >= 0.3 is 0 Å². The zero-order valence-electron chi connectivity index (χ0n) is 16.8. The van der Waals surface area contributed by atoms with Crippen LogP contribution in [-0.4, -0.2) is 27.3 Å². The number of carbonyl (C=O) groups is 1. The molecule has 0 saturated heterocycles. The van der Waals surface area contributed by atoms with Gasteiger partial charge < -0.3 is 5.32 Å². The number of amides is 1. The van der Waals surface area contributed by atoms with Gasteiger partial charge in [0.05, 0.1) is 11.1 Å². The Bertz CT molecular complexity index is 903. The number of rotatable bonds is 5. The predicted octanol–water partition coefficient (Wildman–Crippen LogP) is 4.13. The zero-order valence-corrected chi connectivity index (χ0v) is 18.4. The average Bonchev–Trinajstić information content (AvgIpc) is 2.91. The summed E-state index contributed by atoms with van der Waals surface area (Å²) in [6.45, 7) is 11.0. The molecule has 1 N–H and O–H groups in total. The van der Waals surface area contributed by atoms with Crippen LogP contribution in [0.4, 0.5) is 0 Å². The van der Waals surface area contributed by atoms with Crippen molar-refractivity contribution in [2.45, 2.75) is 71.6 Å². The van der Waals surface area contributed by atoms with E-state index in [2.05, 4.69) is 19.2 Å². The largest absolute Gasteiger partial charge is 0.352 e. The van der Waals surface area contributed by atoms with Gasteiger partial charge in [-0.2, -0.15) is 0 Å². The fourth-order valence-electron chi connectivity index (χ4n) is 3.86. The molecule has 27 heavy (non-hydrogen) atoms. The number of thiophene rings is 1. The highest BCUT2D eigenvalue weighted by atomic mass is 32.2. The fraction of sp³-hybridized carbons (Fsp3) is 0.650. The van der Waals surface area contributed by atoms with Crippen molar-refractivity contribution in [3.05, 3.63) is 20.8 Å². The van der Waals surface area contributed by atoms with Crippen molar-refractivity contribution in [2.75, 3.05) is 5.75 Å². The van der Waals surface area contributed by atoms with Crippen LogP contribution in [0.1, 0.15) is 50.5 Å². The lowest BCUT2D eigenvalue weighted by Gasteiger charge is -2.34. The van der Waals surface area contributed by atoms with E-state index in [1.807, 2.05) is 20.8 Å². The van der Waals surface area contributed by atoms with Crippen molar-refractivity contribution >= 4 is 39.2 Å². The van der Waals surface area contributed by atoms with Crippen LogP contribution in [0, 0.1) is 25.7 Å². The van der Waals surface area contributed by atoms with E-state index in [4.69, 9.17) is 4.98 Å². The van der Waals surface area contributed by atoms with Gasteiger partial charge in [-0.25, -0.2) is 4.98 Å². The molecule has 5 nitrogen and oxygen atoms in total. The van der Waals surface area contributed by atoms with Crippen molar-refractivity contribution in [3.63, 3.8) is 0 Å². The van der Waals surface area contributed by atoms with Gasteiger partial charge in [0.15, 0.2) is 5.16 Å².